The van der Waals surface area contributed by atoms with Crippen LogP contribution in [-0.4, -0.2) is 35.4 Å². The molecule has 1 aromatic carbocycles. The summed E-state index contributed by atoms with van der Waals surface area (Å²) in [6.45, 7) is 3.00. The van der Waals surface area contributed by atoms with Crippen LogP contribution in [0, 0.1) is 0 Å². The molecule has 0 saturated carbocycles. The number of hydrogen-bond donors (Lipinski definition) is 3. The van der Waals surface area contributed by atoms with Crippen LogP contribution in [0.15, 0.2) is 30.3 Å². The lowest BCUT2D eigenvalue weighted by molar-refractivity contribution is -0.120. The predicted molar refractivity (Wildman–Crippen MR) is 82.5 cm³/mol. The molecule has 1 fully saturated rings. The fourth-order valence-electron chi connectivity index (χ4n) is 2.62. The Morgan fingerprint density at radius 2 is 2.19 bits per heavy atom. The van der Waals surface area contributed by atoms with E-state index in [0.29, 0.717) is 18.8 Å². The molecule has 2 aromatic rings. The van der Waals surface area contributed by atoms with Gasteiger partial charge in [0.2, 0.25) is 5.91 Å². The van der Waals surface area contributed by atoms with Gasteiger partial charge in [-0.05, 0) is 12.1 Å². The van der Waals surface area contributed by atoms with Gasteiger partial charge in [0.15, 0.2) is 0 Å². The SMILES string of the molecule is NNc1nc2ccccc2cc1CN1CCNC(=O)CC1. The normalized spacial score (nSPS) is 16.5. The Bertz CT molecular complexity index is 658. The summed E-state index contributed by atoms with van der Waals surface area (Å²) in [5.41, 5.74) is 4.65. The van der Waals surface area contributed by atoms with E-state index in [0.717, 1.165) is 36.1 Å². The number of hydrazine groups is 1. The second kappa shape index (κ2) is 6.07. The van der Waals surface area contributed by atoms with Gasteiger partial charge < -0.3 is 10.7 Å². The number of rotatable bonds is 3. The molecule has 6 heteroatoms. The minimum Gasteiger partial charge on any atom is -0.355 e. The van der Waals surface area contributed by atoms with Crippen molar-refractivity contribution in [3.05, 3.63) is 35.9 Å². The van der Waals surface area contributed by atoms with Crippen molar-refractivity contribution in [2.75, 3.05) is 25.1 Å². The van der Waals surface area contributed by atoms with Gasteiger partial charge in [0.05, 0.1) is 5.52 Å². The molecule has 2 heterocycles. The minimum absolute atomic E-state index is 0.117. The molecule has 0 bridgehead atoms. The molecule has 1 saturated heterocycles. The molecule has 0 unspecified atom stereocenters. The maximum absolute atomic E-state index is 11.4. The van der Waals surface area contributed by atoms with E-state index in [9.17, 15) is 4.79 Å². The zero-order valence-corrected chi connectivity index (χ0v) is 11.8. The number of para-hydroxylation sites is 1. The van der Waals surface area contributed by atoms with Crippen molar-refractivity contribution in [3.8, 4) is 0 Å². The van der Waals surface area contributed by atoms with E-state index in [2.05, 4.69) is 26.7 Å². The second-order valence-corrected chi connectivity index (χ2v) is 5.21. The van der Waals surface area contributed by atoms with E-state index in [-0.39, 0.29) is 5.91 Å². The van der Waals surface area contributed by atoms with Crippen LogP contribution in [0.1, 0.15) is 12.0 Å². The first-order valence-electron chi connectivity index (χ1n) is 7.10. The molecule has 1 amide bonds. The van der Waals surface area contributed by atoms with Gasteiger partial charge in [-0.25, -0.2) is 10.8 Å². The number of benzene rings is 1. The maximum atomic E-state index is 11.4. The highest BCUT2D eigenvalue weighted by atomic mass is 16.1. The number of nitrogens with two attached hydrogens (primary N) is 1. The first-order valence-corrected chi connectivity index (χ1v) is 7.10. The van der Waals surface area contributed by atoms with Crippen LogP contribution >= 0.6 is 0 Å². The molecule has 110 valence electrons. The number of carbonyl (C=O) groups is 1. The number of aromatic nitrogens is 1. The summed E-state index contributed by atoms with van der Waals surface area (Å²) in [7, 11) is 0. The smallest absolute Gasteiger partial charge is 0.221 e. The molecule has 3 rings (SSSR count). The molecule has 0 atom stereocenters. The van der Waals surface area contributed by atoms with Gasteiger partial charge in [0.1, 0.15) is 5.82 Å². The molecule has 21 heavy (non-hydrogen) atoms. The summed E-state index contributed by atoms with van der Waals surface area (Å²) < 4.78 is 0. The van der Waals surface area contributed by atoms with Crippen LogP contribution in [0.3, 0.4) is 0 Å². The molecular formula is C15H19N5O. The summed E-state index contributed by atoms with van der Waals surface area (Å²) in [4.78, 5) is 18.2. The molecule has 0 aliphatic carbocycles. The number of carbonyl (C=O) groups excluding carboxylic acids is 1. The summed E-state index contributed by atoms with van der Waals surface area (Å²) in [5, 5.41) is 3.98. The Kier molecular flexibility index (Phi) is 3.98. The number of nitrogens with zero attached hydrogens (tertiary/aromatic N) is 2. The number of fused-ring (bicyclic) bond motifs is 1. The number of hydrogen-bond acceptors (Lipinski definition) is 5. The molecule has 1 aliphatic heterocycles. The minimum atomic E-state index is 0.117. The van der Waals surface area contributed by atoms with E-state index in [1.165, 1.54) is 0 Å². The molecule has 6 nitrogen and oxygen atoms in total. The Labute approximate surface area is 123 Å². The van der Waals surface area contributed by atoms with Crippen molar-refractivity contribution in [2.45, 2.75) is 13.0 Å². The lowest BCUT2D eigenvalue weighted by Crippen LogP contribution is -2.28. The fourth-order valence-corrected chi connectivity index (χ4v) is 2.62. The van der Waals surface area contributed by atoms with Gasteiger partial charge in [0.25, 0.3) is 0 Å². The highest BCUT2D eigenvalue weighted by Gasteiger charge is 2.15. The third-order valence-corrected chi connectivity index (χ3v) is 3.74. The monoisotopic (exact) mass is 285 g/mol. The third-order valence-electron chi connectivity index (χ3n) is 3.74. The van der Waals surface area contributed by atoms with Crippen molar-refractivity contribution < 1.29 is 4.79 Å². The lowest BCUT2D eigenvalue weighted by atomic mass is 10.1. The van der Waals surface area contributed by atoms with Crippen molar-refractivity contribution in [1.29, 1.82) is 0 Å². The van der Waals surface area contributed by atoms with E-state index in [1.54, 1.807) is 0 Å². The number of nitrogens with one attached hydrogen (secondary N) is 2. The zero-order chi connectivity index (χ0) is 14.7. The molecule has 4 N–H and O–H groups in total. The number of nitrogen functional groups attached to an aromatic ring is 1. The van der Waals surface area contributed by atoms with Crippen LogP contribution in [-0.2, 0) is 11.3 Å². The van der Waals surface area contributed by atoms with E-state index in [4.69, 9.17) is 5.84 Å². The Morgan fingerprint density at radius 3 is 3.05 bits per heavy atom. The standard InChI is InChI=1S/C15H19N5O/c16-19-15-12(9-11-3-1-2-4-13(11)18-15)10-20-7-5-14(21)17-6-8-20/h1-4,9H,5-8,10,16H2,(H,17,21)(H,18,19). The summed E-state index contributed by atoms with van der Waals surface area (Å²) >= 11 is 0. The quantitative estimate of drug-likeness (QED) is 0.575. The van der Waals surface area contributed by atoms with E-state index < -0.39 is 0 Å². The van der Waals surface area contributed by atoms with Crippen molar-refractivity contribution in [1.82, 2.24) is 15.2 Å². The van der Waals surface area contributed by atoms with Gasteiger partial charge in [-0.3, -0.25) is 9.69 Å². The van der Waals surface area contributed by atoms with Gasteiger partial charge >= 0.3 is 0 Å². The third kappa shape index (κ3) is 3.12. The fraction of sp³-hybridized carbons (Fsp3) is 0.333. The van der Waals surface area contributed by atoms with Crippen LogP contribution in [0.4, 0.5) is 5.82 Å². The van der Waals surface area contributed by atoms with Crippen molar-refractivity contribution >= 4 is 22.6 Å². The van der Waals surface area contributed by atoms with Crippen molar-refractivity contribution in [3.63, 3.8) is 0 Å². The van der Waals surface area contributed by atoms with E-state index in [1.807, 2.05) is 24.3 Å². The van der Waals surface area contributed by atoms with Crippen LogP contribution in [0.25, 0.3) is 10.9 Å². The topological polar surface area (TPSA) is 83.3 Å². The highest BCUT2D eigenvalue weighted by Crippen LogP contribution is 2.21. The average Bonchev–Trinajstić information content (AvgIpc) is 2.71. The van der Waals surface area contributed by atoms with Crippen LogP contribution in [0.5, 0.6) is 0 Å². The highest BCUT2D eigenvalue weighted by molar-refractivity contribution is 5.81. The summed E-state index contributed by atoms with van der Waals surface area (Å²) in [6.07, 6.45) is 0.534. The average molecular weight is 285 g/mol. The Hall–Kier alpha value is -2.18. The van der Waals surface area contributed by atoms with Crippen molar-refractivity contribution in [2.24, 2.45) is 5.84 Å². The first-order chi connectivity index (χ1) is 10.3. The number of amides is 1. The molecule has 1 aromatic heterocycles. The maximum Gasteiger partial charge on any atom is 0.221 e. The van der Waals surface area contributed by atoms with Gasteiger partial charge in [-0.2, -0.15) is 0 Å². The van der Waals surface area contributed by atoms with Crippen LogP contribution < -0.4 is 16.6 Å². The van der Waals surface area contributed by atoms with Gasteiger partial charge in [-0.1, -0.05) is 18.2 Å². The number of pyridine rings is 1. The molecule has 1 aliphatic rings. The Morgan fingerprint density at radius 1 is 1.33 bits per heavy atom. The Balaban J connectivity index is 1.86. The predicted octanol–water partition coefficient (Wildman–Crippen LogP) is 0.842. The molecular weight excluding hydrogens is 266 g/mol. The zero-order valence-electron chi connectivity index (χ0n) is 11.8. The summed E-state index contributed by atoms with van der Waals surface area (Å²) in [5.74, 6) is 6.41. The second-order valence-electron chi connectivity index (χ2n) is 5.21. The van der Waals surface area contributed by atoms with E-state index >= 15 is 0 Å². The first kappa shape index (κ1) is 13.8. The van der Waals surface area contributed by atoms with Crippen LogP contribution in [0.2, 0.25) is 0 Å². The summed E-state index contributed by atoms with van der Waals surface area (Å²) in [6, 6.07) is 10.1. The van der Waals surface area contributed by atoms with Gasteiger partial charge in [-0.15, -0.1) is 0 Å². The number of anilines is 1. The lowest BCUT2D eigenvalue weighted by Gasteiger charge is -2.20. The largest absolute Gasteiger partial charge is 0.355 e. The van der Waals surface area contributed by atoms with Gasteiger partial charge in [0, 0.05) is 43.5 Å². The molecule has 0 spiro atoms. The molecule has 0 radical (unpaired) electrons.